The Morgan fingerprint density at radius 1 is 1.38 bits per heavy atom. The van der Waals surface area contributed by atoms with E-state index in [9.17, 15) is 4.79 Å². The molecule has 1 N–H and O–H groups in total. The molecule has 2 atom stereocenters. The molecule has 0 aliphatic carbocycles. The van der Waals surface area contributed by atoms with Crippen LogP contribution in [0.15, 0.2) is 23.0 Å². The molecule has 4 rings (SSSR count). The summed E-state index contributed by atoms with van der Waals surface area (Å²) in [4.78, 5) is 15.1. The number of rotatable bonds is 4. The molecule has 7 heteroatoms. The van der Waals surface area contributed by atoms with Crippen LogP contribution in [0, 0.1) is 17.2 Å². The van der Waals surface area contributed by atoms with Crippen LogP contribution in [0.4, 0.5) is 0 Å². The minimum Gasteiger partial charge on any atom is -0.316 e. The maximum atomic E-state index is 13.0. The molecular formula is C19H24N6O. The normalized spacial score (nSPS) is 21.5. The van der Waals surface area contributed by atoms with Gasteiger partial charge in [0.25, 0.3) is 5.56 Å². The molecule has 26 heavy (non-hydrogen) atoms. The van der Waals surface area contributed by atoms with Crippen LogP contribution in [0.5, 0.6) is 0 Å². The molecule has 2 aliphatic rings. The summed E-state index contributed by atoms with van der Waals surface area (Å²) in [5.41, 5.74) is 3.52. The Kier molecular flexibility index (Phi) is 4.39. The summed E-state index contributed by atoms with van der Waals surface area (Å²) < 4.78 is 3.58. The highest BCUT2D eigenvalue weighted by atomic mass is 16.1. The summed E-state index contributed by atoms with van der Waals surface area (Å²) in [5, 5.41) is 16.9. The predicted octanol–water partition coefficient (Wildman–Crippen LogP) is 0.792. The SMILES string of the molecule is CN(Cc1cc(C#N)n(C)n1)Cc1ccc2n(c1=O)C[C@@H]1CNC[C@H]2C1. The zero-order valence-corrected chi connectivity index (χ0v) is 15.3. The lowest BCUT2D eigenvalue weighted by molar-refractivity contribution is 0.254. The fraction of sp³-hybridized carbons (Fsp3) is 0.526. The number of fused-ring (bicyclic) bond motifs is 4. The molecule has 4 heterocycles. The molecule has 2 aromatic heterocycles. The van der Waals surface area contributed by atoms with E-state index >= 15 is 0 Å². The van der Waals surface area contributed by atoms with Crippen LogP contribution in [0.25, 0.3) is 0 Å². The second kappa shape index (κ2) is 6.71. The van der Waals surface area contributed by atoms with Gasteiger partial charge in [0, 0.05) is 50.4 Å². The van der Waals surface area contributed by atoms with Crippen molar-refractivity contribution in [2.45, 2.75) is 32.0 Å². The Morgan fingerprint density at radius 2 is 2.23 bits per heavy atom. The number of nitrogens with zero attached hydrogens (tertiary/aromatic N) is 5. The van der Waals surface area contributed by atoms with E-state index in [1.807, 2.05) is 17.7 Å². The molecule has 7 nitrogen and oxygen atoms in total. The van der Waals surface area contributed by atoms with Crippen molar-refractivity contribution in [2.24, 2.45) is 13.0 Å². The highest BCUT2D eigenvalue weighted by Crippen LogP contribution is 2.31. The van der Waals surface area contributed by atoms with Gasteiger partial charge in [-0.2, -0.15) is 10.4 Å². The lowest BCUT2D eigenvalue weighted by Gasteiger charge is -2.37. The molecule has 2 bridgehead atoms. The van der Waals surface area contributed by atoms with Crippen molar-refractivity contribution in [3.05, 3.63) is 51.2 Å². The van der Waals surface area contributed by atoms with Crippen molar-refractivity contribution >= 4 is 0 Å². The van der Waals surface area contributed by atoms with E-state index in [0.717, 1.165) is 30.9 Å². The smallest absolute Gasteiger partial charge is 0.255 e. The van der Waals surface area contributed by atoms with Gasteiger partial charge in [-0.3, -0.25) is 14.4 Å². The predicted molar refractivity (Wildman–Crippen MR) is 97.5 cm³/mol. The molecule has 2 aromatic rings. The van der Waals surface area contributed by atoms with Crippen molar-refractivity contribution < 1.29 is 0 Å². The summed E-state index contributed by atoms with van der Waals surface area (Å²) in [6.45, 7) is 3.97. The molecular weight excluding hydrogens is 328 g/mol. The molecule has 2 aliphatic heterocycles. The van der Waals surface area contributed by atoms with Crippen molar-refractivity contribution in [2.75, 3.05) is 20.1 Å². The average Bonchev–Trinajstić information content (AvgIpc) is 2.97. The van der Waals surface area contributed by atoms with E-state index < -0.39 is 0 Å². The largest absolute Gasteiger partial charge is 0.316 e. The number of pyridine rings is 1. The first-order valence-corrected chi connectivity index (χ1v) is 9.10. The van der Waals surface area contributed by atoms with Gasteiger partial charge in [-0.25, -0.2) is 0 Å². The van der Waals surface area contributed by atoms with Gasteiger partial charge in [0.1, 0.15) is 11.8 Å². The van der Waals surface area contributed by atoms with E-state index in [1.54, 1.807) is 17.8 Å². The summed E-state index contributed by atoms with van der Waals surface area (Å²) >= 11 is 0. The number of nitrogens with one attached hydrogen (secondary N) is 1. The highest BCUT2D eigenvalue weighted by molar-refractivity contribution is 5.24. The van der Waals surface area contributed by atoms with Gasteiger partial charge < -0.3 is 9.88 Å². The molecule has 0 amide bonds. The number of aryl methyl sites for hydroxylation is 1. The molecule has 136 valence electrons. The topological polar surface area (TPSA) is 78.9 Å². The minimum absolute atomic E-state index is 0.143. The van der Waals surface area contributed by atoms with E-state index in [1.165, 1.54) is 12.1 Å². The maximum Gasteiger partial charge on any atom is 0.255 e. The van der Waals surface area contributed by atoms with Gasteiger partial charge >= 0.3 is 0 Å². The van der Waals surface area contributed by atoms with Gasteiger partial charge in [-0.1, -0.05) is 6.07 Å². The first-order valence-electron chi connectivity index (χ1n) is 9.10. The Balaban J connectivity index is 1.52. The quantitative estimate of drug-likeness (QED) is 0.880. The lowest BCUT2D eigenvalue weighted by atomic mass is 9.84. The van der Waals surface area contributed by atoms with Gasteiger partial charge in [0.05, 0.1) is 5.69 Å². The first kappa shape index (κ1) is 17.0. The van der Waals surface area contributed by atoms with Crippen LogP contribution < -0.4 is 10.9 Å². The van der Waals surface area contributed by atoms with Crippen LogP contribution in [0.3, 0.4) is 0 Å². The molecule has 0 unspecified atom stereocenters. The Morgan fingerprint density at radius 3 is 3.00 bits per heavy atom. The van der Waals surface area contributed by atoms with Gasteiger partial charge in [0.2, 0.25) is 0 Å². The fourth-order valence-electron chi connectivity index (χ4n) is 4.29. The second-order valence-electron chi connectivity index (χ2n) is 7.58. The van der Waals surface area contributed by atoms with Crippen LogP contribution in [-0.4, -0.2) is 39.4 Å². The number of piperidine rings is 1. The number of nitriles is 1. The highest BCUT2D eigenvalue weighted by Gasteiger charge is 2.31. The van der Waals surface area contributed by atoms with Crippen LogP contribution >= 0.6 is 0 Å². The molecule has 1 saturated heterocycles. The zero-order chi connectivity index (χ0) is 18.3. The minimum atomic E-state index is 0.143. The van der Waals surface area contributed by atoms with Crippen LogP contribution in [0.2, 0.25) is 0 Å². The monoisotopic (exact) mass is 352 g/mol. The van der Waals surface area contributed by atoms with E-state index in [2.05, 4.69) is 27.5 Å². The second-order valence-corrected chi connectivity index (χ2v) is 7.58. The summed E-state index contributed by atoms with van der Waals surface area (Å²) in [5.74, 6) is 1.02. The summed E-state index contributed by atoms with van der Waals surface area (Å²) in [6.07, 6.45) is 1.19. The number of hydrogen-bond donors (Lipinski definition) is 1. The molecule has 0 radical (unpaired) electrons. The van der Waals surface area contributed by atoms with E-state index in [-0.39, 0.29) is 5.56 Å². The average molecular weight is 352 g/mol. The zero-order valence-electron chi connectivity index (χ0n) is 15.3. The lowest BCUT2D eigenvalue weighted by Crippen LogP contribution is -2.45. The Labute approximate surface area is 152 Å². The molecule has 0 saturated carbocycles. The standard InChI is InChI=1S/C19H24N6O/c1-23(12-16-6-17(7-20)24(2)22-16)11-14-3-4-18-15-5-13(8-21-9-15)10-25(18)19(14)26/h3-4,6,13,15,21H,5,8-12H2,1-2H3/t13-,15+/m0/s1. The molecule has 1 fully saturated rings. The van der Waals surface area contributed by atoms with Crippen LogP contribution in [-0.2, 0) is 26.7 Å². The number of aromatic nitrogens is 3. The third kappa shape index (κ3) is 3.06. The maximum absolute atomic E-state index is 13.0. The van der Waals surface area contributed by atoms with Crippen molar-refractivity contribution in [3.63, 3.8) is 0 Å². The van der Waals surface area contributed by atoms with Gasteiger partial charge in [-0.05, 0) is 38.1 Å². The number of hydrogen-bond acceptors (Lipinski definition) is 5. The van der Waals surface area contributed by atoms with Crippen molar-refractivity contribution in [1.29, 1.82) is 5.26 Å². The fourth-order valence-corrected chi connectivity index (χ4v) is 4.29. The van der Waals surface area contributed by atoms with Gasteiger partial charge in [0.15, 0.2) is 0 Å². The van der Waals surface area contributed by atoms with E-state index in [0.29, 0.717) is 30.6 Å². The first-order chi connectivity index (χ1) is 12.5. The van der Waals surface area contributed by atoms with Crippen LogP contribution in [0.1, 0.15) is 35.0 Å². The van der Waals surface area contributed by atoms with E-state index in [4.69, 9.17) is 5.26 Å². The Hall–Kier alpha value is -2.43. The van der Waals surface area contributed by atoms with Gasteiger partial charge in [-0.15, -0.1) is 0 Å². The summed E-state index contributed by atoms with van der Waals surface area (Å²) in [7, 11) is 3.74. The molecule has 0 aromatic carbocycles. The van der Waals surface area contributed by atoms with Crippen molar-refractivity contribution in [3.8, 4) is 6.07 Å². The molecule has 0 spiro atoms. The van der Waals surface area contributed by atoms with Crippen molar-refractivity contribution in [1.82, 2.24) is 24.6 Å². The third-order valence-corrected chi connectivity index (χ3v) is 5.50. The Bertz CT molecular complexity index is 921. The summed E-state index contributed by atoms with van der Waals surface area (Å²) in [6, 6.07) is 8.04. The third-order valence-electron chi connectivity index (χ3n) is 5.50.